The molecule has 0 unspecified atom stereocenters. The minimum atomic E-state index is -0.234. The first kappa shape index (κ1) is 10.1. The summed E-state index contributed by atoms with van der Waals surface area (Å²) in [6.45, 7) is 0.683. The van der Waals surface area contributed by atoms with E-state index >= 15 is 0 Å². The van der Waals surface area contributed by atoms with Gasteiger partial charge in [0, 0.05) is 12.7 Å². The topological polar surface area (TPSA) is 34.9 Å². The van der Waals surface area contributed by atoms with Crippen molar-refractivity contribution in [3.8, 4) is 0 Å². The van der Waals surface area contributed by atoms with Gasteiger partial charge in [0.15, 0.2) is 0 Å². The van der Waals surface area contributed by atoms with Crippen LogP contribution in [0.2, 0.25) is 5.02 Å². The average Bonchev–Trinajstić information content (AvgIpc) is 2.92. The summed E-state index contributed by atoms with van der Waals surface area (Å²) in [6, 6.07) is 0. The summed E-state index contributed by atoms with van der Waals surface area (Å²) in [5, 5.41) is 0.500. The molecule has 0 atom stereocenters. The van der Waals surface area contributed by atoms with E-state index in [9.17, 15) is 4.79 Å². The van der Waals surface area contributed by atoms with Crippen molar-refractivity contribution in [2.24, 2.45) is 5.41 Å². The van der Waals surface area contributed by atoms with E-state index in [0.29, 0.717) is 11.6 Å². The van der Waals surface area contributed by atoms with Crippen molar-refractivity contribution >= 4 is 24.2 Å². The molecule has 0 spiro atoms. The standard InChI is InChI=1S/C9H11ClN2OS/c10-7-3-11-8(13)12(4-7)5-9(6-14)1-2-9/h3-4,14H,1-2,5-6H2. The Balaban J connectivity index is 2.24. The summed E-state index contributed by atoms with van der Waals surface area (Å²) in [6.07, 6.45) is 5.28. The molecule has 1 aliphatic rings. The molecule has 0 bridgehead atoms. The van der Waals surface area contributed by atoms with E-state index in [1.54, 1.807) is 10.8 Å². The molecule has 3 nitrogen and oxygen atoms in total. The van der Waals surface area contributed by atoms with Crippen molar-refractivity contribution in [3.05, 3.63) is 27.9 Å². The lowest BCUT2D eigenvalue weighted by Crippen LogP contribution is -2.26. The summed E-state index contributed by atoms with van der Waals surface area (Å²) in [7, 11) is 0. The van der Waals surface area contributed by atoms with Gasteiger partial charge in [0.2, 0.25) is 0 Å². The zero-order chi connectivity index (χ0) is 10.2. The highest BCUT2D eigenvalue weighted by atomic mass is 35.5. The van der Waals surface area contributed by atoms with E-state index in [1.165, 1.54) is 6.20 Å². The highest BCUT2D eigenvalue weighted by Gasteiger charge is 2.41. The number of nitrogens with zero attached hydrogens (tertiary/aromatic N) is 2. The van der Waals surface area contributed by atoms with Crippen LogP contribution in [-0.4, -0.2) is 15.3 Å². The molecule has 1 saturated carbocycles. The molecule has 0 N–H and O–H groups in total. The van der Waals surface area contributed by atoms with Crippen LogP contribution in [0.15, 0.2) is 17.2 Å². The molecule has 1 fully saturated rings. The number of halogens is 1. The lowest BCUT2D eigenvalue weighted by Gasteiger charge is -2.13. The van der Waals surface area contributed by atoms with Crippen LogP contribution < -0.4 is 5.69 Å². The Morgan fingerprint density at radius 3 is 2.93 bits per heavy atom. The van der Waals surface area contributed by atoms with E-state index in [4.69, 9.17) is 11.6 Å². The Morgan fingerprint density at radius 1 is 1.64 bits per heavy atom. The summed E-state index contributed by atoms with van der Waals surface area (Å²) in [5.41, 5.74) is -0.0262. The molecular weight excluding hydrogens is 220 g/mol. The van der Waals surface area contributed by atoms with Gasteiger partial charge in [-0.1, -0.05) is 11.6 Å². The van der Waals surface area contributed by atoms with Gasteiger partial charge in [0.05, 0.1) is 11.2 Å². The van der Waals surface area contributed by atoms with Gasteiger partial charge in [-0.15, -0.1) is 0 Å². The summed E-state index contributed by atoms with van der Waals surface area (Å²) in [4.78, 5) is 15.0. The maximum atomic E-state index is 11.4. The molecule has 5 heteroatoms. The third kappa shape index (κ3) is 1.96. The molecule has 76 valence electrons. The Bertz CT molecular complexity index is 400. The smallest absolute Gasteiger partial charge is 0.297 e. The number of thiol groups is 1. The molecule has 0 aromatic carbocycles. The summed E-state index contributed by atoms with van der Waals surface area (Å²) >= 11 is 10.1. The van der Waals surface area contributed by atoms with Crippen molar-refractivity contribution < 1.29 is 0 Å². The molecule has 0 saturated heterocycles. The van der Waals surface area contributed by atoms with Crippen LogP contribution in [0.1, 0.15) is 12.8 Å². The SMILES string of the molecule is O=c1ncc(Cl)cn1CC1(CS)CC1. The van der Waals surface area contributed by atoms with Gasteiger partial charge < -0.3 is 0 Å². The second kappa shape index (κ2) is 3.59. The minimum Gasteiger partial charge on any atom is -0.297 e. The quantitative estimate of drug-likeness (QED) is 0.801. The van der Waals surface area contributed by atoms with Gasteiger partial charge in [0.1, 0.15) is 0 Å². The number of rotatable bonds is 3. The van der Waals surface area contributed by atoms with Gasteiger partial charge in [-0.05, 0) is 24.0 Å². The Hall–Kier alpha value is -0.480. The minimum absolute atomic E-state index is 0.208. The first-order valence-corrected chi connectivity index (χ1v) is 5.49. The maximum absolute atomic E-state index is 11.4. The molecule has 0 amide bonds. The number of hydrogen-bond donors (Lipinski definition) is 1. The predicted octanol–water partition coefficient (Wildman–Crippen LogP) is 1.61. The van der Waals surface area contributed by atoms with Crippen molar-refractivity contribution in [1.82, 2.24) is 9.55 Å². The number of hydrogen-bond acceptors (Lipinski definition) is 3. The van der Waals surface area contributed by atoms with Crippen molar-refractivity contribution in [2.45, 2.75) is 19.4 Å². The second-order valence-electron chi connectivity index (χ2n) is 3.84. The molecule has 2 rings (SSSR count). The lowest BCUT2D eigenvalue weighted by molar-refractivity contribution is 0.458. The zero-order valence-corrected chi connectivity index (χ0v) is 9.26. The molecule has 1 aliphatic carbocycles. The fraction of sp³-hybridized carbons (Fsp3) is 0.556. The Morgan fingerprint density at radius 2 is 2.36 bits per heavy atom. The van der Waals surface area contributed by atoms with Crippen molar-refractivity contribution in [3.63, 3.8) is 0 Å². The fourth-order valence-corrected chi connectivity index (χ4v) is 2.03. The van der Waals surface area contributed by atoms with Crippen LogP contribution in [0, 0.1) is 5.41 Å². The van der Waals surface area contributed by atoms with E-state index < -0.39 is 0 Å². The van der Waals surface area contributed by atoms with Crippen LogP contribution in [-0.2, 0) is 6.54 Å². The van der Waals surface area contributed by atoms with Crippen molar-refractivity contribution in [1.29, 1.82) is 0 Å². The zero-order valence-electron chi connectivity index (χ0n) is 7.61. The van der Waals surface area contributed by atoms with Gasteiger partial charge in [-0.2, -0.15) is 12.6 Å². The Labute approximate surface area is 92.5 Å². The molecule has 1 aromatic rings. The number of aromatic nitrogens is 2. The van der Waals surface area contributed by atoms with Gasteiger partial charge in [-0.25, -0.2) is 9.78 Å². The van der Waals surface area contributed by atoms with Crippen LogP contribution in [0.5, 0.6) is 0 Å². The van der Waals surface area contributed by atoms with Gasteiger partial charge >= 0.3 is 5.69 Å². The van der Waals surface area contributed by atoms with E-state index in [0.717, 1.165) is 18.6 Å². The second-order valence-corrected chi connectivity index (χ2v) is 4.59. The van der Waals surface area contributed by atoms with Gasteiger partial charge in [-0.3, -0.25) is 4.57 Å². The Kier molecular flexibility index (Phi) is 2.58. The van der Waals surface area contributed by atoms with Crippen molar-refractivity contribution in [2.75, 3.05) is 5.75 Å². The monoisotopic (exact) mass is 230 g/mol. The maximum Gasteiger partial charge on any atom is 0.347 e. The average molecular weight is 231 g/mol. The van der Waals surface area contributed by atoms with E-state index in [1.807, 2.05) is 0 Å². The first-order valence-electron chi connectivity index (χ1n) is 4.48. The van der Waals surface area contributed by atoms with Crippen LogP contribution in [0.3, 0.4) is 0 Å². The molecule has 0 aliphatic heterocycles. The summed E-state index contributed by atoms with van der Waals surface area (Å²) in [5.74, 6) is 0.811. The molecule has 1 aromatic heterocycles. The highest BCUT2D eigenvalue weighted by molar-refractivity contribution is 7.80. The third-order valence-corrected chi connectivity index (χ3v) is 3.49. The summed E-state index contributed by atoms with van der Waals surface area (Å²) < 4.78 is 1.57. The van der Waals surface area contributed by atoms with Gasteiger partial charge in [0.25, 0.3) is 0 Å². The fourth-order valence-electron chi connectivity index (χ4n) is 1.45. The van der Waals surface area contributed by atoms with Crippen LogP contribution in [0.4, 0.5) is 0 Å². The molecule has 0 radical (unpaired) electrons. The largest absolute Gasteiger partial charge is 0.347 e. The van der Waals surface area contributed by atoms with E-state index in [2.05, 4.69) is 17.6 Å². The lowest BCUT2D eigenvalue weighted by atomic mass is 10.1. The predicted molar refractivity (Wildman–Crippen MR) is 59.0 cm³/mol. The third-order valence-electron chi connectivity index (χ3n) is 2.62. The molecule has 1 heterocycles. The van der Waals surface area contributed by atoms with E-state index in [-0.39, 0.29) is 11.1 Å². The first-order chi connectivity index (χ1) is 6.65. The van der Waals surface area contributed by atoms with Crippen LogP contribution in [0.25, 0.3) is 0 Å². The molecule has 14 heavy (non-hydrogen) atoms. The normalized spacial score (nSPS) is 18.1. The van der Waals surface area contributed by atoms with Crippen LogP contribution >= 0.6 is 24.2 Å². The highest BCUT2D eigenvalue weighted by Crippen LogP contribution is 2.47. The molecular formula is C9H11ClN2OS.